The van der Waals surface area contributed by atoms with Gasteiger partial charge in [0.1, 0.15) is 18.1 Å². The fourth-order valence-corrected chi connectivity index (χ4v) is 4.01. The summed E-state index contributed by atoms with van der Waals surface area (Å²) in [7, 11) is -3.63. The number of anilines is 1. The summed E-state index contributed by atoms with van der Waals surface area (Å²) in [5, 5.41) is 0. The quantitative estimate of drug-likeness (QED) is 0.863. The van der Waals surface area contributed by atoms with Crippen molar-refractivity contribution in [1.29, 1.82) is 0 Å². The Balaban J connectivity index is 1.99. The Morgan fingerprint density at radius 2 is 1.91 bits per heavy atom. The third kappa shape index (κ3) is 2.99. The molecule has 122 valence electrons. The number of fused-ring (bicyclic) bond motifs is 1. The van der Waals surface area contributed by atoms with Crippen LogP contribution in [0.5, 0.6) is 11.5 Å². The molecule has 3 rings (SSSR count). The van der Waals surface area contributed by atoms with E-state index in [1.165, 1.54) is 4.31 Å². The van der Waals surface area contributed by atoms with Crippen LogP contribution in [-0.2, 0) is 10.0 Å². The van der Waals surface area contributed by atoms with Crippen molar-refractivity contribution in [2.75, 3.05) is 24.1 Å². The highest BCUT2D eigenvalue weighted by atomic mass is 32.2. The molecule has 0 radical (unpaired) electrons. The number of nitrogens with zero attached hydrogens (tertiary/aromatic N) is 1. The maximum Gasteiger partial charge on any atom is 0.264 e. The molecule has 0 fully saturated rings. The van der Waals surface area contributed by atoms with Crippen molar-refractivity contribution in [3.63, 3.8) is 0 Å². The summed E-state index contributed by atoms with van der Waals surface area (Å²) >= 11 is 0. The van der Waals surface area contributed by atoms with E-state index in [0.29, 0.717) is 36.9 Å². The average molecular weight is 333 g/mol. The number of hydrogen-bond acceptors (Lipinski definition) is 4. The summed E-state index contributed by atoms with van der Waals surface area (Å²) in [6.07, 6.45) is 0. The molecule has 5 nitrogen and oxygen atoms in total. The van der Waals surface area contributed by atoms with Gasteiger partial charge in [-0.2, -0.15) is 0 Å². The van der Waals surface area contributed by atoms with E-state index in [2.05, 4.69) is 0 Å². The molecule has 0 saturated heterocycles. The predicted octanol–water partition coefficient (Wildman–Crippen LogP) is 2.98. The average Bonchev–Trinajstić information content (AvgIpc) is 2.55. The molecule has 6 heteroatoms. The lowest BCUT2D eigenvalue weighted by molar-refractivity contribution is 0.315. The maximum absolute atomic E-state index is 13.0. The number of hydrogen-bond donors (Lipinski definition) is 0. The molecule has 0 bridgehead atoms. The van der Waals surface area contributed by atoms with Crippen molar-refractivity contribution in [2.45, 2.75) is 18.7 Å². The lowest BCUT2D eigenvalue weighted by atomic mass is 10.2. The predicted molar refractivity (Wildman–Crippen MR) is 88.8 cm³/mol. The first kappa shape index (κ1) is 15.7. The van der Waals surface area contributed by atoms with Gasteiger partial charge in [-0.25, -0.2) is 8.42 Å². The van der Waals surface area contributed by atoms with Crippen LogP contribution in [-0.4, -0.2) is 28.2 Å². The maximum atomic E-state index is 13.0. The van der Waals surface area contributed by atoms with Crippen molar-refractivity contribution in [3.8, 4) is 11.5 Å². The molecule has 0 aromatic heterocycles. The minimum atomic E-state index is -3.63. The zero-order valence-corrected chi connectivity index (χ0v) is 14.0. The summed E-state index contributed by atoms with van der Waals surface area (Å²) in [5.41, 5.74) is 1.58. The molecule has 0 unspecified atom stereocenters. The third-order valence-corrected chi connectivity index (χ3v) is 5.49. The van der Waals surface area contributed by atoms with E-state index in [9.17, 15) is 8.42 Å². The first-order chi connectivity index (χ1) is 11.0. The van der Waals surface area contributed by atoms with E-state index in [4.69, 9.17) is 9.47 Å². The number of sulfonamides is 1. The van der Waals surface area contributed by atoms with Crippen molar-refractivity contribution in [3.05, 3.63) is 48.0 Å². The molecule has 0 aliphatic carbocycles. The highest BCUT2D eigenvalue weighted by molar-refractivity contribution is 7.92. The smallest absolute Gasteiger partial charge is 0.264 e. The van der Waals surface area contributed by atoms with Crippen molar-refractivity contribution in [1.82, 2.24) is 0 Å². The molecule has 1 aliphatic heterocycles. The molecule has 23 heavy (non-hydrogen) atoms. The van der Waals surface area contributed by atoms with Crippen LogP contribution >= 0.6 is 0 Å². The van der Waals surface area contributed by atoms with Crippen LogP contribution < -0.4 is 13.8 Å². The Kier molecular flexibility index (Phi) is 4.17. The SMILES string of the molecule is CCOc1ccc(S(=O)(=O)N2CCOc3ccc(C)cc32)cc1. The van der Waals surface area contributed by atoms with Gasteiger partial charge < -0.3 is 9.47 Å². The standard InChI is InChI=1S/C17H19NO4S/c1-3-21-14-5-7-15(8-6-14)23(19,20)18-10-11-22-17-9-4-13(2)12-16(17)18/h4-9,12H,3,10-11H2,1-2H3. The van der Waals surface area contributed by atoms with E-state index in [0.717, 1.165) is 5.56 Å². The second kappa shape index (κ2) is 6.12. The second-order valence-electron chi connectivity index (χ2n) is 5.30. The zero-order valence-electron chi connectivity index (χ0n) is 13.2. The summed E-state index contributed by atoms with van der Waals surface area (Å²) in [4.78, 5) is 0.246. The number of ether oxygens (including phenoxy) is 2. The van der Waals surface area contributed by atoms with Crippen LogP contribution in [0.3, 0.4) is 0 Å². The zero-order chi connectivity index (χ0) is 16.4. The van der Waals surface area contributed by atoms with Gasteiger partial charge in [-0.15, -0.1) is 0 Å². The summed E-state index contributed by atoms with van der Waals surface area (Å²) in [6, 6.07) is 12.1. The number of benzene rings is 2. The van der Waals surface area contributed by atoms with Gasteiger partial charge in [0.25, 0.3) is 10.0 Å². The monoisotopic (exact) mass is 333 g/mol. The Morgan fingerprint density at radius 3 is 2.61 bits per heavy atom. The van der Waals surface area contributed by atoms with E-state index in [1.54, 1.807) is 24.3 Å². The first-order valence-electron chi connectivity index (χ1n) is 7.51. The topological polar surface area (TPSA) is 55.8 Å². The fraction of sp³-hybridized carbons (Fsp3) is 0.294. The molecule has 0 N–H and O–H groups in total. The molecule has 2 aromatic rings. The molecule has 0 amide bonds. The molecular formula is C17H19NO4S. The Hall–Kier alpha value is -2.21. The van der Waals surface area contributed by atoms with Crippen molar-refractivity contribution >= 4 is 15.7 Å². The second-order valence-corrected chi connectivity index (χ2v) is 7.16. The van der Waals surface area contributed by atoms with Gasteiger partial charge in [-0.05, 0) is 55.8 Å². The molecule has 2 aromatic carbocycles. The van der Waals surface area contributed by atoms with Crippen LogP contribution in [0.2, 0.25) is 0 Å². The first-order valence-corrected chi connectivity index (χ1v) is 8.95. The van der Waals surface area contributed by atoms with Crippen LogP contribution in [0.4, 0.5) is 5.69 Å². The number of aryl methyl sites for hydroxylation is 1. The van der Waals surface area contributed by atoms with Gasteiger partial charge in [0.15, 0.2) is 0 Å². The largest absolute Gasteiger partial charge is 0.494 e. The van der Waals surface area contributed by atoms with Gasteiger partial charge in [0, 0.05) is 0 Å². The summed E-state index contributed by atoms with van der Waals surface area (Å²) < 4.78 is 38.3. The van der Waals surface area contributed by atoms with E-state index >= 15 is 0 Å². The van der Waals surface area contributed by atoms with Gasteiger partial charge >= 0.3 is 0 Å². The number of rotatable bonds is 4. The molecular weight excluding hydrogens is 314 g/mol. The Bertz CT molecular complexity index is 800. The van der Waals surface area contributed by atoms with Gasteiger partial charge in [0.2, 0.25) is 0 Å². The fourth-order valence-electron chi connectivity index (χ4n) is 2.55. The highest BCUT2D eigenvalue weighted by Gasteiger charge is 2.30. The van der Waals surface area contributed by atoms with Gasteiger partial charge in [-0.1, -0.05) is 6.07 Å². The Morgan fingerprint density at radius 1 is 1.17 bits per heavy atom. The van der Waals surface area contributed by atoms with Crippen LogP contribution in [0.25, 0.3) is 0 Å². The molecule has 0 saturated carbocycles. The lowest BCUT2D eigenvalue weighted by Crippen LogP contribution is -2.37. The Labute approximate surface area is 136 Å². The molecule has 0 spiro atoms. The van der Waals surface area contributed by atoms with E-state index in [-0.39, 0.29) is 4.90 Å². The summed E-state index contributed by atoms with van der Waals surface area (Å²) in [5.74, 6) is 1.25. The minimum absolute atomic E-state index is 0.246. The lowest BCUT2D eigenvalue weighted by Gasteiger charge is -2.30. The summed E-state index contributed by atoms with van der Waals surface area (Å²) in [6.45, 7) is 4.99. The normalized spacial score (nSPS) is 14.1. The highest BCUT2D eigenvalue weighted by Crippen LogP contribution is 2.36. The molecule has 0 atom stereocenters. The minimum Gasteiger partial charge on any atom is -0.494 e. The third-order valence-electron chi connectivity index (χ3n) is 3.66. The van der Waals surface area contributed by atoms with Gasteiger partial charge in [-0.3, -0.25) is 4.31 Å². The molecule has 1 heterocycles. The van der Waals surface area contributed by atoms with E-state index < -0.39 is 10.0 Å². The van der Waals surface area contributed by atoms with Gasteiger partial charge in [0.05, 0.1) is 23.7 Å². The van der Waals surface area contributed by atoms with Crippen LogP contribution in [0.15, 0.2) is 47.4 Å². The van der Waals surface area contributed by atoms with Crippen LogP contribution in [0.1, 0.15) is 12.5 Å². The van der Waals surface area contributed by atoms with Crippen LogP contribution in [0, 0.1) is 6.92 Å². The van der Waals surface area contributed by atoms with Crippen molar-refractivity contribution in [2.24, 2.45) is 0 Å². The van der Waals surface area contributed by atoms with Crippen molar-refractivity contribution < 1.29 is 17.9 Å². The molecule has 1 aliphatic rings. The van der Waals surface area contributed by atoms with E-state index in [1.807, 2.05) is 32.0 Å².